The van der Waals surface area contributed by atoms with Crippen molar-refractivity contribution in [3.05, 3.63) is 64.1 Å². The number of hydrogen-bond donors (Lipinski definition) is 1. The first kappa shape index (κ1) is 14.0. The van der Waals surface area contributed by atoms with Gasteiger partial charge >= 0.3 is 0 Å². The summed E-state index contributed by atoms with van der Waals surface area (Å²) in [5.41, 5.74) is 1.65. The van der Waals surface area contributed by atoms with Crippen LogP contribution in [0.1, 0.15) is 21.1 Å². The Bertz CT molecular complexity index is 651. The third-order valence-electron chi connectivity index (χ3n) is 3.48. The molecule has 1 amide bonds. The first-order chi connectivity index (χ1) is 10.3. The molecule has 0 saturated heterocycles. The fraction of sp³-hybridized carbons (Fsp3) is 0.250. The van der Waals surface area contributed by atoms with E-state index in [1.165, 1.54) is 16.9 Å². The summed E-state index contributed by atoms with van der Waals surface area (Å²) in [5.74, 6) is -0.116. The number of carbonyl (C=O) groups excluding carboxylic acids is 1. The number of aliphatic hydroxyl groups excluding tert-OH is 1. The van der Waals surface area contributed by atoms with Gasteiger partial charge in [-0.1, -0.05) is 42.5 Å². The molecule has 1 aromatic heterocycles. The maximum atomic E-state index is 12.4. The van der Waals surface area contributed by atoms with Crippen molar-refractivity contribution in [1.29, 1.82) is 0 Å². The van der Waals surface area contributed by atoms with Crippen LogP contribution in [0.2, 0.25) is 0 Å². The van der Waals surface area contributed by atoms with Crippen LogP contribution in [0.3, 0.4) is 0 Å². The topological polar surface area (TPSA) is 53.4 Å². The highest BCUT2D eigenvalue weighted by Gasteiger charge is 2.26. The van der Waals surface area contributed by atoms with Crippen LogP contribution in [0.4, 0.5) is 0 Å². The lowest BCUT2D eigenvalue weighted by atomic mass is 10.2. The molecule has 0 saturated carbocycles. The normalized spacial score (nSPS) is 17.4. The number of carbonyl (C=O) groups is 1. The van der Waals surface area contributed by atoms with Crippen molar-refractivity contribution in [3.63, 3.8) is 0 Å². The van der Waals surface area contributed by atoms with Crippen LogP contribution >= 0.6 is 11.3 Å². The van der Waals surface area contributed by atoms with Gasteiger partial charge in [0, 0.05) is 18.3 Å². The number of hydrogen-bond acceptors (Lipinski definition) is 4. The minimum absolute atomic E-state index is 0.0523. The number of benzene rings is 1. The van der Waals surface area contributed by atoms with Crippen LogP contribution < -0.4 is 0 Å². The molecule has 5 heteroatoms. The quantitative estimate of drug-likeness (QED) is 0.880. The van der Waals surface area contributed by atoms with Gasteiger partial charge in [-0.2, -0.15) is 0 Å². The number of amides is 1. The Morgan fingerprint density at radius 3 is 2.95 bits per heavy atom. The molecule has 0 radical (unpaired) electrons. The van der Waals surface area contributed by atoms with Crippen LogP contribution in [0, 0.1) is 0 Å². The van der Waals surface area contributed by atoms with E-state index in [4.69, 9.17) is 0 Å². The monoisotopic (exact) mass is 300 g/mol. The molecule has 0 bridgehead atoms. The van der Waals surface area contributed by atoms with E-state index in [1.807, 2.05) is 30.4 Å². The second-order valence-corrected chi connectivity index (χ2v) is 5.87. The van der Waals surface area contributed by atoms with Crippen molar-refractivity contribution in [1.82, 2.24) is 9.88 Å². The summed E-state index contributed by atoms with van der Waals surface area (Å²) in [5, 5.41) is 12.0. The van der Waals surface area contributed by atoms with E-state index in [0.717, 1.165) is 11.4 Å². The summed E-state index contributed by atoms with van der Waals surface area (Å²) in [6.07, 6.45) is 4.49. The molecule has 0 spiro atoms. The third-order valence-corrected chi connectivity index (χ3v) is 4.33. The highest BCUT2D eigenvalue weighted by atomic mass is 32.1. The zero-order valence-corrected chi connectivity index (χ0v) is 12.3. The molecule has 1 N–H and O–H groups in total. The summed E-state index contributed by atoms with van der Waals surface area (Å²) in [6, 6.07) is 9.85. The smallest absolute Gasteiger partial charge is 0.274 e. The molecular weight excluding hydrogens is 284 g/mol. The number of thiazole rings is 1. The maximum absolute atomic E-state index is 12.4. The molecule has 0 fully saturated rings. The molecule has 1 aliphatic rings. The zero-order chi connectivity index (χ0) is 14.7. The van der Waals surface area contributed by atoms with Gasteiger partial charge in [0.15, 0.2) is 0 Å². The molecule has 0 aliphatic carbocycles. The third kappa shape index (κ3) is 3.04. The summed E-state index contributed by atoms with van der Waals surface area (Å²) >= 11 is 1.50. The molecule has 1 aromatic carbocycles. The molecule has 21 heavy (non-hydrogen) atoms. The van der Waals surface area contributed by atoms with Crippen LogP contribution in [-0.4, -0.2) is 40.1 Å². The molecular formula is C16H16N2O2S. The highest BCUT2D eigenvalue weighted by molar-refractivity contribution is 7.09. The Morgan fingerprint density at radius 1 is 1.38 bits per heavy atom. The standard InChI is InChI=1S/C16H16N2O2S/c19-10-13-7-4-8-18(13)16(20)14-11-21-15(17-14)9-12-5-2-1-3-6-12/h1-7,11,13,19H,8-10H2/t13-/m0/s1. The number of nitrogens with zero attached hydrogens (tertiary/aromatic N) is 2. The molecule has 2 aromatic rings. The van der Waals surface area contributed by atoms with Gasteiger partial charge in [0.1, 0.15) is 5.69 Å². The van der Waals surface area contributed by atoms with E-state index in [-0.39, 0.29) is 18.6 Å². The predicted octanol–water partition coefficient (Wildman–Crippen LogP) is 2.11. The van der Waals surface area contributed by atoms with Crippen LogP contribution in [0.5, 0.6) is 0 Å². The minimum atomic E-state index is -0.225. The molecule has 0 unspecified atom stereocenters. The van der Waals surface area contributed by atoms with Crippen molar-refractivity contribution in [2.24, 2.45) is 0 Å². The molecule has 108 valence electrons. The number of aromatic nitrogens is 1. The van der Waals surface area contributed by atoms with Crippen LogP contribution in [-0.2, 0) is 6.42 Å². The summed E-state index contributed by atoms with van der Waals surface area (Å²) in [4.78, 5) is 18.5. The van der Waals surface area contributed by atoms with E-state index >= 15 is 0 Å². The Hall–Kier alpha value is -1.98. The fourth-order valence-electron chi connectivity index (χ4n) is 2.37. The SMILES string of the molecule is O=C(c1csc(Cc2ccccc2)n1)N1CC=C[C@H]1CO. The number of aliphatic hydroxyl groups is 1. The fourth-order valence-corrected chi connectivity index (χ4v) is 3.17. The van der Waals surface area contributed by atoms with Gasteiger partial charge in [-0.15, -0.1) is 11.3 Å². The van der Waals surface area contributed by atoms with E-state index in [1.54, 1.807) is 10.3 Å². The number of rotatable bonds is 4. The molecule has 1 aliphatic heterocycles. The molecule has 2 heterocycles. The van der Waals surface area contributed by atoms with Gasteiger partial charge in [0.25, 0.3) is 5.91 Å². The van der Waals surface area contributed by atoms with Gasteiger partial charge < -0.3 is 10.0 Å². The van der Waals surface area contributed by atoms with E-state index in [0.29, 0.717) is 12.2 Å². The maximum Gasteiger partial charge on any atom is 0.274 e. The summed E-state index contributed by atoms with van der Waals surface area (Å²) < 4.78 is 0. The first-order valence-electron chi connectivity index (χ1n) is 6.85. The van der Waals surface area contributed by atoms with Gasteiger partial charge in [0.2, 0.25) is 0 Å². The van der Waals surface area contributed by atoms with E-state index in [2.05, 4.69) is 17.1 Å². The van der Waals surface area contributed by atoms with Gasteiger partial charge in [-0.25, -0.2) is 4.98 Å². The van der Waals surface area contributed by atoms with Crippen molar-refractivity contribution in [2.45, 2.75) is 12.5 Å². The second kappa shape index (κ2) is 6.20. The van der Waals surface area contributed by atoms with Gasteiger partial charge in [-0.05, 0) is 5.56 Å². The molecule has 1 atom stereocenters. The Morgan fingerprint density at radius 2 is 2.19 bits per heavy atom. The lowest BCUT2D eigenvalue weighted by Gasteiger charge is -2.21. The van der Waals surface area contributed by atoms with E-state index < -0.39 is 0 Å². The Kier molecular flexibility index (Phi) is 4.13. The average molecular weight is 300 g/mol. The largest absolute Gasteiger partial charge is 0.394 e. The Balaban J connectivity index is 1.71. The van der Waals surface area contributed by atoms with Crippen molar-refractivity contribution >= 4 is 17.2 Å². The lowest BCUT2D eigenvalue weighted by molar-refractivity contribution is 0.0695. The Labute approximate surface area is 127 Å². The van der Waals surface area contributed by atoms with E-state index in [9.17, 15) is 9.90 Å². The first-order valence-corrected chi connectivity index (χ1v) is 7.72. The zero-order valence-electron chi connectivity index (χ0n) is 11.5. The predicted molar refractivity (Wildman–Crippen MR) is 82.4 cm³/mol. The van der Waals surface area contributed by atoms with Gasteiger partial charge in [-0.3, -0.25) is 4.79 Å². The summed E-state index contributed by atoms with van der Waals surface area (Å²) in [7, 11) is 0. The average Bonchev–Trinajstić information content (AvgIpc) is 3.16. The van der Waals surface area contributed by atoms with Crippen molar-refractivity contribution in [3.8, 4) is 0 Å². The second-order valence-electron chi connectivity index (χ2n) is 4.92. The lowest BCUT2D eigenvalue weighted by Crippen LogP contribution is -2.38. The molecule has 3 rings (SSSR count). The van der Waals surface area contributed by atoms with Crippen molar-refractivity contribution < 1.29 is 9.90 Å². The summed E-state index contributed by atoms with van der Waals surface area (Å²) in [6.45, 7) is 0.485. The minimum Gasteiger partial charge on any atom is -0.394 e. The van der Waals surface area contributed by atoms with Crippen LogP contribution in [0.25, 0.3) is 0 Å². The molecule has 4 nitrogen and oxygen atoms in total. The van der Waals surface area contributed by atoms with Crippen molar-refractivity contribution in [2.75, 3.05) is 13.2 Å². The van der Waals surface area contributed by atoms with Crippen LogP contribution in [0.15, 0.2) is 47.9 Å². The highest BCUT2D eigenvalue weighted by Crippen LogP contribution is 2.18. The van der Waals surface area contributed by atoms with Gasteiger partial charge in [0.05, 0.1) is 17.7 Å².